The number of alkyl carbamates (subject to hydrolysis) is 1. The van der Waals surface area contributed by atoms with Crippen LogP contribution in [0.1, 0.15) is 38.5 Å². The summed E-state index contributed by atoms with van der Waals surface area (Å²) in [6.45, 7) is 8.27. The van der Waals surface area contributed by atoms with E-state index in [0.717, 1.165) is 19.5 Å². The van der Waals surface area contributed by atoms with E-state index < -0.39 is 5.60 Å². The van der Waals surface area contributed by atoms with E-state index in [1.807, 2.05) is 32.5 Å². The normalized spacial score (nSPS) is 20.1. The first kappa shape index (κ1) is 15.3. The molecule has 6 heteroatoms. The van der Waals surface area contributed by atoms with Crippen molar-refractivity contribution in [2.45, 2.75) is 51.8 Å². The monoisotopic (exact) mass is 297 g/mol. The Morgan fingerprint density at radius 1 is 1.60 bits per heavy atom. The zero-order valence-electron chi connectivity index (χ0n) is 12.4. The predicted molar refractivity (Wildman–Crippen MR) is 79.8 cm³/mol. The minimum absolute atomic E-state index is 0.331. The first-order valence-corrected chi connectivity index (χ1v) is 7.90. The summed E-state index contributed by atoms with van der Waals surface area (Å²) in [5.41, 5.74) is 1.42. The minimum atomic E-state index is -0.442. The number of aromatic nitrogens is 1. The van der Waals surface area contributed by atoms with Gasteiger partial charge in [-0.05, 0) is 40.2 Å². The summed E-state index contributed by atoms with van der Waals surface area (Å²) in [6, 6.07) is 0.393. The van der Waals surface area contributed by atoms with Crippen LogP contribution in [0.3, 0.4) is 0 Å². The Morgan fingerprint density at radius 3 is 3.05 bits per heavy atom. The van der Waals surface area contributed by atoms with Crippen molar-refractivity contribution < 1.29 is 9.53 Å². The van der Waals surface area contributed by atoms with Crippen LogP contribution < -0.4 is 5.32 Å². The molecule has 1 fully saturated rings. The van der Waals surface area contributed by atoms with Crippen molar-refractivity contribution in [2.75, 3.05) is 13.1 Å². The number of hydrogen-bond donors (Lipinski definition) is 1. The van der Waals surface area contributed by atoms with Crippen molar-refractivity contribution in [2.24, 2.45) is 0 Å². The number of carbonyl (C=O) groups is 1. The van der Waals surface area contributed by atoms with E-state index in [0.29, 0.717) is 12.6 Å². The molecule has 20 heavy (non-hydrogen) atoms. The van der Waals surface area contributed by atoms with Crippen LogP contribution in [0, 0.1) is 0 Å². The molecule has 0 bridgehead atoms. The highest BCUT2D eigenvalue weighted by Crippen LogP contribution is 2.21. The van der Waals surface area contributed by atoms with Crippen molar-refractivity contribution in [1.82, 2.24) is 15.2 Å². The van der Waals surface area contributed by atoms with Crippen molar-refractivity contribution in [3.63, 3.8) is 0 Å². The smallest absolute Gasteiger partial charge is 0.407 e. The van der Waals surface area contributed by atoms with Crippen LogP contribution in [0.15, 0.2) is 11.7 Å². The Labute approximate surface area is 124 Å². The highest BCUT2D eigenvalue weighted by molar-refractivity contribution is 7.09. The summed E-state index contributed by atoms with van der Waals surface area (Å²) in [6.07, 6.45) is 3.89. The van der Waals surface area contributed by atoms with Gasteiger partial charge < -0.3 is 10.1 Å². The molecule has 1 aliphatic heterocycles. The van der Waals surface area contributed by atoms with Gasteiger partial charge in [-0.2, -0.15) is 0 Å². The van der Waals surface area contributed by atoms with Gasteiger partial charge in [0.05, 0.1) is 5.51 Å². The van der Waals surface area contributed by atoms with Crippen LogP contribution in [0.2, 0.25) is 0 Å². The minimum Gasteiger partial charge on any atom is -0.444 e. The number of hydrogen-bond acceptors (Lipinski definition) is 5. The Morgan fingerprint density at radius 2 is 2.40 bits per heavy atom. The van der Waals surface area contributed by atoms with Crippen LogP contribution in [0.25, 0.3) is 0 Å². The summed E-state index contributed by atoms with van der Waals surface area (Å²) in [7, 11) is 0. The van der Waals surface area contributed by atoms with Gasteiger partial charge in [-0.25, -0.2) is 4.79 Å². The van der Waals surface area contributed by atoms with Crippen molar-refractivity contribution >= 4 is 17.4 Å². The van der Waals surface area contributed by atoms with E-state index in [9.17, 15) is 4.79 Å². The third kappa shape index (κ3) is 4.76. The molecule has 1 aliphatic rings. The van der Waals surface area contributed by atoms with Crippen molar-refractivity contribution in [3.05, 3.63) is 16.6 Å². The molecule has 1 saturated heterocycles. The molecule has 1 amide bonds. The van der Waals surface area contributed by atoms with Gasteiger partial charge in [0, 0.05) is 30.2 Å². The Balaban J connectivity index is 1.78. The van der Waals surface area contributed by atoms with Crippen LogP contribution >= 0.6 is 11.3 Å². The number of thiazole rings is 1. The quantitative estimate of drug-likeness (QED) is 0.928. The maximum Gasteiger partial charge on any atom is 0.407 e. The number of carbonyl (C=O) groups excluding carboxylic acids is 1. The zero-order chi connectivity index (χ0) is 14.6. The van der Waals surface area contributed by atoms with Crippen molar-refractivity contribution in [3.8, 4) is 0 Å². The standard InChI is InChI=1S/C14H23N3O2S/c1-14(2,3)19-13(18)16-7-11-5-4-6-17(11)9-12-8-15-10-20-12/h8,10-11H,4-7,9H2,1-3H3,(H,16,18)/t11-/m0/s1. The van der Waals surface area contributed by atoms with Gasteiger partial charge in [0.25, 0.3) is 0 Å². The van der Waals surface area contributed by atoms with Gasteiger partial charge in [0.2, 0.25) is 0 Å². The molecule has 2 rings (SSSR count). The molecule has 1 N–H and O–H groups in total. The molecule has 112 valence electrons. The largest absolute Gasteiger partial charge is 0.444 e. The number of rotatable bonds is 4. The summed E-state index contributed by atoms with van der Waals surface area (Å²) in [5, 5.41) is 2.88. The van der Waals surface area contributed by atoms with E-state index in [4.69, 9.17) is 4.74 Å². The molecule has 0 radical (unpaired) electrons. The lowest BCUT2D eigenvalue weighted by atomic mass is 10.2. The number of nitrogens with one attached hydrogen (secondary N) is 1. The van der Waals surface area contributed by atoms with Gasteiger partial charge in [-0.3, -0.25) is 9.88 Å². The summed E-state index contributed by atoms with van der Waals surface area (Å²) in [5.74, 6) is 0. The fourth-order valence-electron chi connectivity index (χ4n) is 2.37. The second-order valence-corrected chi connectivity index (χ2v) is 7.09. The zero-order valence-corrected chi connectivity index (χ0v) is 13.2. The molecule has 2 heterocycles. The molecule has 0 unspecified atom stereocenters. The summed E-state index contributed by atoms with van der Waals surface area (Å²) in [4.78, 5) is 19.5. The molecule has 0 aliphatic carbocycles. The van der Waals surface area contributed by atoms with Gasteiger partial charge in [-0.1, -0.05) is 0 Å². The van der Waals surface area contributed by atoms with E-state index in [2.05, 4.69) is 15.2 Å². The summed E-state index contributed by atoms with van der Waals surface area (Å²) >= 11 is 1.68. The fourth-order valence-corrected chi connectivity index (χ4v) is 2.99. The molecule has 5 nitrogen and oxygen atoms in total. The van der Waals surface area contributed by atoms with Crippen molar-refractivity contribution in [1.29, 1.82) is 0 Å². The lowest BCUT2D eigenvalue weighted by Gasteiger charge is -2.25. The van der Waals surface area contributed by atoms with Gasteiger partial charge >= 0.3 is 6.09 Å². The van der Waals surface area contributed by atoms with E-state index in [-0.39, 0.29) is 6.09 Å². The van der Waals surface area contributed by atoms with E-state index in [1.165, 1.54) is 11.3 Å². The van der Waals surface area contributed by atoms with Gasteiger partial charge in [0.15, 0.2) is 0 Å². The second kappa shape index (κ2) is 6.54. The SMILES string of the molecule is CC(C)(C)OC(=O)NC[C@@H]1CCCN1Cc1cncs1. The topological polar surface area (TPSA) is 54.5 Å². The lowest BCUT2D eigenvalue weighted by molar-refractivity contribution is 0.0512. The average Bonchev–Trinajstić information content (AvgIpc) is 2.96. The lowest BCUT2D eigenvalue weighted by Crippen LogP contribution is -2.41. The number of likely N-dealkylation sites (tertiary alicyclic amines) is 1. The molecule has 1 atom stereocenters. The third-order valence-corrected chi connectivity index (χ3v) is 3.99. The maximum absolute atomic E-state index is 11.7. The van der Waals surface area contributed by atoms with Crippen LogP contribution in [-0.2, 0) is 11.3 Å². The van der Waals surface area contributed by atoms with Crippen LogP contribution in [-0.4, -0.2) is 40.7 Å². The number of amides is 1. The highest BCUT2D eigenvalue weighted by atomic mass is 32.1. The molecule has 0 saturated carbocycles. The molecule has 1 aromatic rings. The van der Waals surface area contributed by atoms with Gasteiger partial charge in [0.1, 0.15) is 5.60 Å². The maximum atomic E-state index is 11.7. The number of ether oxygens (including phenoxy) is 1. The molecule has 0 spiro atoms. The Kier molecular flexibility index (Phi) is 4.99. The second-order valence-electron chi connectivity index (χ2n) is 6.12. The van der Waals surface area contributed by atoms with E-state index in [1.54, 1.807) is 11.3 Å². The van der Waals surface area contributed by atoms with Crippen LogP contribution in [0.4, 0.5) is 4.79 Å². The summed E-state index contributed by atoms with van der Waals surface area (Å²) < 4.78 is 5.26. The Hall–Kier alpha value is -1.14. The van der Waals surface area contributed by atoms with Crippen LogP contribution in [0.5, 0.6) is 0 Å². The third-order valence-electron chi connectivity index (χ3n) is 3.22. The molecule has 0 aromatic carbocycles. The molecular formula is C14H23N3O2S. The first-order chi connectivity index (χ1) is 9.44. The van der Waals surface area contributed by atoms with Gasteiger partial charge in [-0.15, -0.1) is 11.3 Å². The average molecular weight is 297 g/mol. The fraction of sp³-hybridized carbons (Fsp3) is 0.714. The number of nitrogens with zero attached hydrogens (tertiary/aromatic N) is 2. The highest BCUT2D eigenvalue weighted by Gasteiger charge is 2.26. The molecule has 1 aromatic heterocycles. The predicted octanol–water partition coefficient (Wildman–Crippen LogP) is 2.63. The molecular weight excluding hydrogens is 274 g/mol. The van der Waals surface area contributed by atoms with E-state index >= 15 is 0 Å². The Bertz CT molecular complexity index is 428. The first-order valence-electron chi connectivity index (χ1n) is 7.02.